The molecule has 0 aromatic heterocycles. The van der Waals surface area contributed by atoms with Crippen LogP contribution in [-0.2, 0) is 4.79 Å². The number of ketones is 1. The van der Waals surface area contributed by atoms with Gasteiger partial charge in [-0.1, -0.05) is 27.4 Å². The van der Waals surface area contributed by atoms with Gasteiger partial charge in [-0.25, -0.2) is 0 Å². The van der Waals surface area contributed by atoms with Gasteiger partial charge >= 0.3 is 0 Å². The summed E-state index contributed by atoms with van der Waals surface area (Å²) >= 11 is 0. The van der Waals surface area contributed by atoms with Crippen LogP contribution < -0.4 is 5.73 Å². The highest BCUT2D eigenvalue weighted by Gasteiger charge is 2.27. The van der Waals surface area contributed by atoms with Gasteiger partial charge in [0, 0.05) is 11.8 Å². The fraction of sp³-hybridized carbons (Fsp3) is 0.667. The fourth-order valence-electron chi connectivity index (χ4n) is 0.903. The van der Waals surface area contributed by atoms with Gasteiger partial charge in [-0.2, -0.15) is 0 Å². The van der Waals surface area contributed by atoms with Crippen molar-refractivity contribution in [3.63, 3.8) is 0 Å². The van der Waals surface area contributed by atoms with Gasteiger partial charge in [-0.05, 0) is 0 Å². The molecule has 0 bridgehead atoms. The second-order valence-corrected chi connectivity index (χ2v) is 3.99. The Morgan fingerprint density at radius 1 is 1.58 bits per heavy atom. The van der Waals surface area contributed by atoms with Gasteiger partial charge in [0.15, 0.2) is 5.78 Å². The Morgan fingerprint density at radius 3 is 2.25 bits per heavy atom. The lowest BCUT2D eigenvalue weighted by molar-refractivity contribution is -0.127. The Kier molecular flexibility index (Phi) is 3.46. The molecule has 3 nitrogen and oxygen atoms in total. The number of aliphatic hydroxyl groups is 1. The maximum absolute atomic E-state index is 11.4. The van der Waals surface area contributed by atoms with Crippen LogP contribution in [0.5, 0.6) is 0 Å². The number of carbonyl (C=O) groups is 1. The summed E-state index contributed by atoms with van der Waals surface area (Å²) in [5.41, 5.74) is 5.08. The Morgan fingerprint density at radius 2 is 2.00 bits per heavy atom. The number of hydrogen-bond acceptors (Lipinski definition) is 3. The number of rotatable bonds is 3. The van der Waals surface area contributed by atoms with E-state index in [1.807, 2.05) is 0 Å². The molecule has 0 amide bonds. The highest BCUT2D eigenvalue weighted by molar-refractivity contribution is 5.88. The Labute approximate surface area is 73.3 Å². The average molecular weight is 171 g/mol. The molecule has 0 spiro atoms. The maximum atomic E-state index is 11.4. The molecule has 0 radical (unpaired) electrons. The van der Waals surface area contributed by atoms with Gasteiger partial charge in [0.2, 0.25) is 0 Å². The molecular weight excluding hydrogens is 154 g/mol. The largest absolute Gasteiger partial charge is 0.513 e. The molecule has 3 N–H and O–H groups in total. The first-order valence-corrected chi connectivity index (χ1v) is 3.92. The normalized spacial score (nSPS) is 14.0. The lowest BCUT2D eigenvalue weighted by Crippen LogP contribution is -2.39. The van der Waals surface area contributed by atoms with Crippen molar-refractivity contribution in [2.45, 2.75) is 33.2 Å². The summed E-state index contributed by atoms with van der Waals surface area (Å²) in [4.78, 5) is 11.4. The molecule has 1 unspecified atom stereocenters. The van der Waals surface area contributed by atoms with Crippen molar-refractivity contribution in [3.05, 3.63) is 12.3 Å². The summed E-state index contributed by atoms with van der Waals surface area (Å²) in [6, 6.07) is -0.637. The van der Waals surface area contributed by atoms with Crippen LogP contribution in [0.4, 0.5) is 0 Å². The first kappa shape index (κ1) is 11.2. The minimum Gasteiger partial charge on any atom is -0.513 e. The molecule has 0 aliphatic rings. The summed E-state index contributed by atoms with van der Waals surface area (Å²) in [5, 5.41) is 8.81. The topological polar surface area (TPSA) is 63.3 Å². The average Bonchev–Trinajstić information content (AvgIpc) is 1.82. The lowest BCUT2D eigenvalue weighted by atomic mass is 9.85. The van der Waals surface area contributed by atoms with E-state index in [1.165, 1.54) is 0 Å². The third-order valence-electron chi connectivity index (χ3n) is 1.53. The van der Waals surface area contributed by atoms with E-state index >= 15 is 0 Å². The van der Waals surface area contributed by atoms with Crippen molar-refractivity contribution in [2.24, 2.45) is 11.1 Å². The Balaban J connectivity index is 4.21. The minimum absolute atomic E-state index is 0.0416. The molecular formula is C9H17NO2. The van der Waals surface area contributed by atoms with Crippen LogP contribution >= 0.6 is 0 Å². The molecule has 0 fully saturated rings. The molecule has 0 saturated carbocycles. The minimum atomic E-state index is -0.637. The first-order valence-electron chi connectivity index (χ1n) is 3.92. The molecule has 3 heteroatoms. The van der Waals surface area contributed by atoms with Crippen molar-refractivity contribution >= 4 is 5.78 Å². The molecule has 0 rings (SSSR count). The fourth-order valence-corrected chi connectivity index (χ4v) is 0.903. The quantitative estimate of drug-likeness (QED) is 0.631. The van der Waals surface area contributed by atoms with Crippen LogP contribution in [0.15, 0.2) is 12.3 Å². The third kappa shape index (κ3) is 3.53. The summed E-state index contributed by atoms with van der Waals surface area (Å²) in [7, 11) is 0. The van der Waals surface area contributed by atoms with E-state index in [0.29, 0.717) is 0 Å². The predicted molar refractivity (Wildman–Crippen MR) is 48.8 cm³/mol. The lowest BCUT2D eigenvalue weighted by Gasteiger charge is -2.21. The number of carbonyl (C=O) groups excluding carboxylic acids is 1. The van der Waals surface area contributed by atoms with Crippen molar-refractivity contribution < 1.29 is 9.90 Å². The van der Waals surface area contributed by atoms with Crippen LogP contribution in [0.2, 0.25) is 0 Å². The van der Waals surface area contributed by atoms with Gasteiger partial charge < -0.3 is 10.8 Å². The zero-order valence-corrected chi connectivity index (χ0v) is 7.92. The van der Waals surface area contributed by atoms with Crippen molar-refractivity contribution in [3.8, 4) is 0 Å². The molecule has 12 heavy (non-hydrogen) atoms. The van der Waals surface area contributed by atoms with Gasteiger partial charge in [0.1, 0.15) is 0 Å². The van der Waals surface area contributed by atoms with E-state index in [2.05, 4.69) is 6.58 Å². The van der Waals surface area contributed by atoms with Gasteiger partial charge in [-0.15, -0.1) is 0 Å². The molecule has 70 valence electrons. The van der Waals surface area contributed by atoms with E-state index in [-0.39, 0.29) is 18.0 Å². The third-order valence-corrected chi connectivity index (χ3v) is 1.53. The summed E-state index contributed by atoms with van der Waals surface area (Å²) in [6.45, 7) is 8.69. The second kappa shape index (κ2) is 3.72. The van der Waals surface area contributed by atoms with E-state index in [1.54, 1.807) is 20.8 Å². The summed E-state index contributed by atoms with van der Waals surface area (Å²) in [6.07, 6.45) is 0.149. The molecule has 0 aromatic rings. The predicted octanol–water partition coefficient (Wildman–Crippen LogP) is 1.39. The summed E-state index contributed by atoms with van der Waals surface area (Å²) in [5.74, 6) is -0.0993. The molecule has 0 aromatic carbocycles. The van der Waals surface area contributed by atoms with Gasteiger partial charge in [-0.3, -0.25) is 4.79 Å². The van der Waals surface area contributed by atoms with Crippen LogP contribution in [0, 0.1) is 5.41 Å². The van der Waals surface area contributed by atoms with Crippen LogP contribution in [0.1, 0.15) is 27.2 Å². The van der Waals surface area contributed by atoms with Gasteiger partial charge in [0.25, 0.3) is 0 Å². The van der Waals surface area contributed by atoms with Crippen LogP contribution in [-0.4, -0.2) is 16.9 Å². The number of hydrogen-bond donors (Lipinski definition) is 2. The molecule has 0 aliphatic heterocycles. The van der Waals surface area contributed by atoms with E-state index < -0.39 is 11.5 Å². The highest BCUT2D eigenvalue weighted by Crippen LogP contribution is 2.17. The van der Waals surface area contributed by atoms with Crippen LogP contribution in [0.3, 0.4) is 0 Å². The van der Waals surface area contributed by atoms with E-state index in [0.717, 1.165) is 0 Å². The first-order chi connectivity index (χ1) is 5.25. The highest BCUT2D eigenvalue weighted by atomic mass is 16.3. The SMILES string of the molecule is C=C(O)CC(N)C(=O)C(C)(C)C. The van der Waals surface area contributed by atoms with E-state index in [4.69, 9.17) is 10.8 Å². The monoisotopic (exact) mass is 171 g/mol. The molecule has 0 aliphatic carbocycles. The number of Topliss-reactive ketones (excluding diaryl/α,β-unsaturated/α-hetero) is 1. The zero-order valence-electron chi connectivity index (χ0n) is 7.92. The smallest absolute Gasteiger partial charge is 0.155 e. The molecule has 0 saturated heterocycles. The van der Waals surface area contributed by atoms with Crippen LogP contribution in [0.25, 0.3) is 0 Å². The summed E-state index contributed by atoms with van der Waals surface area (Å²) < 4.78 is 0. The molecule has 0 heterocycles. The number of aliphatic hydroxyl groups excluding tert-OH is 1. The van der Waals surface area contributed by atoms with Crippen molar-refractivity contribution in [1.82, 2.24) is 0 Å². The number of nitrogens with two attached hydrogens (primary N) is 1. The zero-order chi connectivity index (χ0) is 9.94. The van der Waals surface area contributed by atoms with Gasteiger partial charge in [0.05, 0.1) is 11.8 Å². The van der Waals surface area contributed by atoms with Crippen molar-refractivity contribution in [2.75, 3.05) is 0 Å². The standard InChI is InChI=1S/C9H17NO2/c1-6(11)5-7(10)8(12)9(2,3)4/h7,11H,1,5,10H2,2-4H3. The maximum Gasteiger partial charge on any atom is 0.155 e. The molecule has 1 atom stereocenters. The second-order valence-electron chi connectivity index (χ2n) is 3.99. The Bertz CT molecular complexity index is 191. The Hall–Kier alpha value is -0.830. The van der Waals surface area contributed by atoms with Crippen molar-refractivity contribution in [1.29, 1.82) is 0 Å². The van der Waals surface area contributed by atoms with E-state index in [9.17, 15) is 4.79 Å².